The van der Waals surface area contributed by atoms with Gasteiger partial charge in [0.1, 0.15) is 0 Å². The van der Waals surface area contributed by atoms with Crippen molar-refractivity contribution in [3.05, 3.63) is 0 Å². The Morgan fingerprint density at radius 3 is 2.04 bits per heavy atom. The van der Waals surface area contributed by atoms with Crippen molar-refractivity contribution in [1.29, 1.82) is 0 Å². The maximum Gasteiger partial charge on any atom is 0.228 e. The monoisotopic (exact) mass is 359 g/mol. The molecule has 0 aromatic heterocycles. The van der Waals surface area contributed by atoms with Crippen molar-refractivity contribution in [2.75, 3.05) is 39.3 Å². The smallest absolute Gasteiger partial charge is 0.228 e. The third kappa shape index (κ3) is 5.62. The number of piperidine rings is 1. The van der Waals surface area contributed by atoms with Crippen molar-refractivity contribution < 1.29 is 9.59 Å². The summed E-state index contributed by atoms with van der Waals surface area (Å²) in [5, 5.41) is 3.38. The van der Waals surface area contributed by atoms with Gasteiger partial charge >= 0.3 is 0 Å². The van der Waals surface area contributed by atoms with Gasteiger partial charge in [-0.1, -0.05) is 27.7 Å². The van der Waals surface area contributed by atoms with Crippen molar-refractivity contribution in [1.82, 2.24) is 15.1 Å². The van der Waals surface area contributed by atoms with Crippen molar-refractivity contribution in [3.63, 3.8) is 0 Å². The van der Waals surface area contributed by atoms with E-state index in [-0.39, 0.29) is 29.6 Å². The second-order valence-corrected chi connectivity index (χ2v) is 8.19. The van der Waals surface area contributed by atoms with Crippen LogP contribution < -0.4 is 5.32 Å². The molecule has 24 heavy (non-hydrogen) atoms. The van der Waals surface area contributed by atoms with E-state index in [1.165, 1.54) is 12.8 Å². The second-order valence-electron chi connectivity index (χ2n) is 8.19. The summed E-state index contributed by atoms with van der Waals surface area (Å²) < 4.78 is 0. The standard InChI is InChI=1S/C18H33N3O2.ClH/c1-14(15-5-7-19-8-6-15)13-16(22)20-9-11-21(12-10-20)17(23)18(2,3)4;/h14-15,19H,5-13H2,1-4H3;1H. The lowest BCUT2D eigenvalue weighted by Crippen LogP contribution is -2.53. The molecule has 2 heterocycles. The van der Waals surface area contributed by atoms with Crippen molar-refractivity contribution in [2.45, 2.75) is 47.0 Å². The second kappa shape index (κ2) is 9.04. The molecule has 2 saturated heterocycles. The molecule has 0 aromatic rings. The zero-order valence-corrected chi connectivity index (χ0v) is 16.5. The van der Waals surface area contributed by atoms with E-state index in [4.69, 9.17) is 0 Å². The molecule has 5 nitrogen and oxygen atoms in total. The van der Waals surface area contributed by atoms with E-state index < -0.39 is 0 Å². The molecule has 2 amide bonds. The van der Waals surface area contributed by atoms with E-state index in [0.29, 0.717) is 44.4 Å². The van der Waals surface area contributed by atoms with E-state index in [1.54, 1.807) is 0 Å². The molecule has 2 aliphatic rings. The number of hydrogen-bond donors (Lipinski definition) is 1. The highest BCUT2D eigenvalue weighted by Crippen LogP contribution is 2.25. The molecule has 0 aliphatic carbocycles. The lowest BCUT2D eigenvalue weighted by molar-refractivity contribution is -0.145. The first-order chi connectivity index (χ1) is 10.8. The molecule has 140 valence electrons. The lowest BCUT2D eigenvalue weighted by Gasteiger charge is -2.38. The van der Waals surface area contributed by atoms with Gasteiger partial charge in [0.05, 0.1) is 0 Å². The van der Waals surface area contributed by atoms with Crippen LogP contribution in [0, 0.1) is 17.3 Å². The van der Waals surface area contributed by atoms with Crippen LogP contribution >= 0.6 is 12.4 Å². The number of carbonyl (C=O) groups is 2. The molecule has 1 N–H and O–H groups in total. The van der Waals surface area contributed by atoms with Gasteiger partial charge in [0, 0.05) is 38.0 Å². The van der Waals surface area contributed by atoms with Crippen LogP contribution in [-0.4, -0.2) is 60.9 Å². The molecular formula is C18H34ClN3O2. The minimum absolute atomic E-state index is 0. The number of nitrogens with one attached hydrogen (secondary N) is 1. The first kappa shape index (κ1) is 21.2. The largest absolute Gasteiger partial charge is 0.339 e. The van der Waals surface area contributed by atoms with Crippen molar-refractivity contribution in [2.24, 2.45) is 17.3 Å². The molecule has 2 fully saturated rings. The molecule has 0 aromatic carbocycles. The van der Waals surface area contributed by atoms with Gasteiger partial charge in [-0.05, 0) is 37.8 Å². The Hall–Kier alpha value is -0.810. The molecule has 0 spiro atoms. The third-order valence-corrected chi connectivity index (χ3v) is 5.25. The maximum absolute atomic E-state index is 12.5. The molecule has 0 radical (unpaired) electrons. The number of nitrogens with zero attached hydrogens (tertiary/aromatic N) is 2. The zero-order valence-electron chi connectivity index (χ0n) is 15.6. The van der Waals surface area contributed by atoms with E-state index in [0.717, 1.165) is 13.1 Å². The molecule has 1 atom stereocenters. The Morgan fingerprint density at radius 2 is 1.54 bits per heavy atom. The van der Waals surface area contributed by atoms with Crippen LogP contribution in [0.4, 0.5) is 0 Å². The first-order valence-corrected chi connectivity index (χ1v) is 9.07. The van der Waals surface area contributed by atoms with Gasteiger partial charge in [0.15, 0.2) is 0 Å². The number of hydrogen-bond acceptors (Lipinski definition) is 3. The summed E-state index contributed by atoms with van der Waals surface area (Å²) in [4.78, 5) is 28.7. The maximum atomic E-state index is 12.5. The molecule has 1 unspecified atom stereocenters. The minimum atomic E-state index is -0.338. The van der Waals surface area contributed by atoms with Crippen molar-refractivity contribution in [3.8, 4) is 0 Å². The predicted molar refractivity (Wildman–Crippen MR) is 99.2 cm³/mol. The van der Waals surface area contributed by atoms with Crippen LogP contribution in [-0.2, 0) is 9.59 Å². The molecule has 0 bridgehead atoms. The SMILES string of the molecule is CC(CC(=O)N1CCN(C(=O)C(C)(C)C)CC1)C1CCNCC1.Cl. The van der Waals surface area contributed by atoms with Gasteiger partial charge in [-0.2, -0.15) is 0 Å². The number of amides is 2. The number of piperazine rings is 1. The Balaban J connectivity index is 0.00000288. The number of rotatable bonds is 3. The summed E-state index contributed by atoms with van der Waals surface area (Å²) in [5.74, 6) is 1.58. The fourth-order valence-electron chi connectivity index (χ4n) is 3.62. The summed E-state index contributed by atoms with van der Waals surface area (Å²) in [5.41, 5.74) is -0.338. The molecule has 6 heteroatoms. The Labute approximate surface area is 152 Å². The molecule has 2 rings (SSSR count). The quantitative estimate of drug-likeness (QED) is 0.840. The predicted octanol–water partition coefficient (Wildman–Crippen LogP) is 2.15. The number of carbonyl (C=O) groups excluding carboxylic acids is 2. The fraction of sp³-hybridized carbons (Fsp3) is 0.889. The van der Waals surface area contributed by atoms with E-state index >= 15 is 0 Å². The van der Waals surface area contributed by atoms with Crippen LogP contribution in [0.3, 0.4) is 0 Å². The van der Waals surface area contributed by atoms with Gasteiger partial charge in [-0.3, -0.25) is 9.59 Å². The highest BCUT2D eigenvalue weighted by atomic mass is 35.5. The summed E-state index contributed by atoms with van der Waals surface area (Å²) in [6.45, 7) is 12.9. The summed E-state index contributed by atoms with van der Waals surface area (Å²) in [6, 6.07) is 0. The van der Waals surface area contributed by atoms with Gasteiger partial charge < -0.3 is 15.1 Å². The lowest BCUT2D eigenvalue weighted by atomic mass is 9.84. The van der Waals surface area contributed by atoms with Crippen LogP contribution in [0.25, 0.3) is 0 Å². The molecular weight excluding hydrogens is 326 g/mol. The van der Waals surface area contributed by atoms with Gasteiger partial charge in [-0.15, -0.1) is 12.4 Å². The van der Waals surface area contributed by atoms with Crippen LogP contribution in [0.5, 0.6) is 0 Å². The minimum Gasteiger partial charge on any atom is -0.339 e. The van der Waals surface area contributed by atoms with Crippen LogP contribution in [0.2, 0.25) is 0 Å². The Kier molecular flexibility index (Phi) is 8.00. The van der Waals surface area contributed by atoms with E-state index in [9.17, 15) is 9.59 Å². The van der Waals surface area contributed by atoms with Crippen LogP contribution in [0.1, 0.15) is 47.0 Å². The third-order valence-electron chi connectivity index (χ3n) is 5.25. The molecule has 2 aliphatic heterocycles. The van der Waals surface area contributed by atoms with E-state index in [1.807, 2.05) is 30.6 Å². The van der Waals surface area contributed by atoms with E-state index in [2.05, 4.69) is 12.2 Å². The highest BCUT2D eigenvalue weighted by Gasteiger charge is 2.31. The first-order valence-electron chi connectivity index (χ1n) is 9.07. The molecule has 0 saturated carbocycles. The van der Waals surface area contributed by atoms with Crippen molar-refractivity contribution >= 4 is 24.2 Å². The highest BCUT2D eigenvalue weighted by molar-refractivity contribution is 5.85. The average molecular weight is 360 g/mol. The number of halogens is 1. The van der Waals surface area contributed by atoms with Gasteiger partial charge in [0.25, 0.3) is 0 Å². The summed E-state index contributed by atoms with van der Waals surface area (Å²) >= 11 is 0. The topological polar surface area (TPSA) is 52.7 Å². The normalized spacial score (nSPS) is 21.2. The Bertz CT molecular complexity index is 422. The zero-order chi connectivity index (χ0) is 17.0. The van der Waals surface area contributed by atoms with Crippen LogP contribution in [0.15, 0.2) is 0 Å². The summed E-state index contributed by atoms with van der Waals surface area (Å²) in [6.07, 6.45) is 3.02. The van der Waals surface area contributed by atoms with Gasteiger partial charge in [-0.25, -0.2) is 0 Å². The average Bonchev–Trinajstić information content (AvgIpc) is 2.54. The Morgan fingerprint density at radius 1 is 1.04 bits per heavy atom. The fourth-order valence-corrected chi connectivity index (χ4v) is 3.62. The van der Waals surface area contributed by atoms with Gasteiger partial charge in [0.2, 0.25) is 11.8 Å². The summed E-state index contributed by atoms with van der Waals surface area (Å²) in [7, 11) is 0.